The van der Waals surface area contributed by atoms with Crippen LogP contribution in [-0.4, -0.2) is 11.8 Å². The van der Waals surface area contributed by atoms with E-state index in [1.165, 1.54) is 6.20 Å². The molecule has 0 bridgehead atoms. The number of nitrogen functional groups attached to an aromatic ring is 1. The molecule has 0 fully saturated rings. The molecule has 0 amide bonds. The fourth-order valence-electron chi connectivity index (χ4n) is 1.80. The standard InChI is InChI=1S/C14H11ClN2O2/c15-11-6-10(14(16)17-7-11)3-1-9-2-4-12-13(5-9)19-8-18-12/h1-7H,8H2,(H2,16,17)/b3-1+. The number of fused-ring (bicyclic) bond motifs is 1. The summed E-state index contributed by atoms with van der Waals surface area (Å²) in [6.45, 7) is 0.271. The first kappa shape index (κ1) is 11.9. The molecule has 4 nitrogen and oxygen atoms in total. The number of pyridine rings is 1. The van der Waals surface area contributed by atoms with E-state index >= 15 is 0 Å². The van der Waals surface area contributed by atoms with E-state index in [0.29, 0.717) is 10.8 Å². The number of aromatic nitrogens is 1. The number of benzene rings is 1. The van der Waals surface area contributed by atoms with Crippen molar-refractivity contribution >= 4 is 29.6 Å². The molecule has 2 aromatic rings. The summed E-state index contributed by atoms with van der Waals surface area (Å²) in [5, 5.41) is 0.555. The minimum Gasteiger partial charge on any atom is -0.454 e. The van der Waals surface area contributed by atoms with Gasteiger partial charge in [-0.1, -0.05) is 29.8 Å². The molecule has 1 aliphatic heterocycles. The lowest BCUT2D eigenvalue weighted by Gasteiger charge is -2.00. The van der Waals surface area contributed by atoms with Crippen LogP contribution in [0.1, 0.15) is 11.1 Å². The molecule has 1 aromatic carbocycles. The highest BCUT2D eigenvalue weighted by atomic mass is 35.5. The smallest absolute Gasteiger partial charge is 0.231 e. The maximum atomic E-state index is 5.89. The zero-order chi connectivity index (χ0) is 13.2. The molecule has 1 aliphatic rings. The Morgan fingerprint density at radius 3 is 2.89 bits per heavy atom. The van der Waals surface area contributed by atoms with E-state index in [4.69, 9.17) is 26.8 Å². The molecule has 0 saturated heterocycles. The predicted octanol–water partition coefficient (Wildman–Crippen LogP) is 3.22. The van der Waals surface area contributed by atoms with Crippen LogP contribution in [0.5, 0.6) is 11.5 Å². The number of anilines is 1. The molecule has 0 radical (unpaired) electrons. The molecular weight excluding hydrogens is 264 g/mol. The quantitative estimate of drug-likeness (QED) is 0.913. The third-order valence-corrected chi connectivity index (χ3v) is 2.97. The van der Waals surface area contributed by atoms with E-state index in [2.05, 4.69) is 4.98 Å². The summed E-state index contributed by atoms with van der Waals surface area (Å²) in [5.41, 5.74) is 7.55. The molecule has 96 valence electrons. The Hall–Kier alpha value is -2.20. The van der Waals surface area contributed by atoms with Gasteiger partial charge in [0.15, 0.2) is 11.5 Å². The molecule has 1 aromatic heterocycles. The van der Waals surface area contributed by atoms with Crippen molar-refractivity contribution in [1.82, 2.24) is 4.98 Å². The molecule has 2 N–H and O–H groups in total. The Bertz CT molecular complexity index is 656. The van der Waals surface area contributed by atoms with E-state index in [0.717, 1.165) is 22.6 Å². The largest absolute Gasteiger partial charge is 0.454 e. The Labute approximate surface area is 115 Å². The highest BCUT2D eigenvalue weighted by molar-refractivity contribution is 6.30. The zero-order valence-corrected chi connectivity index (χ0v) is 10.7. The van der Waals surface area contributed by atoms with Gasteiger partial charge < -0.3 is 15.2 Å². The Kier molecular flexibility index (Phi) is 3.01. The fraction of sp³-hybridized carbons (Fsp3) is 0.0714. The Balaban J connectivity index is 1.88. The average Bonchev–Trinajstić information content (AvgIpc) is 2.87. The molecule has 5 heteroatoms. The van der Waals surface area contributed by atoms with Crippen LogP contribution in [0.25, 0.3) is 12.2 Å². The van der Waals surface area contributed by atoms with Crippen molar-refractivity contribution in [3.63, 3.8) is 0 Å². The predicted molar refractivity (Wildman–Crippen MR) is 75.2 cm³/mol. The minimum atomic E-state index is 0.271. The molecule has 0 aliphatic carbocycles. The molecule has 0 saturated carbocycles. The van der Waals surface area contributed by atoms with Crippen molar-refractivity contribution in [2.75, 3.05) is 12.5 Å². The van der Waals surface area contributed by atoms with Gasteiger partial charge in [-0.05, 0) is 23.8 Å². The van der Waals surface area contributed by atoms with Crippen LogP contribution in [0.15, 0.2) is 30.5 Å². The van der Waals surface area contributed by atoms with Crippen molar-refractivity contribution in [1.29, 1.82) is 0 Å². The van der Waals surface area contributed by atoms with E-state index < -0.39 is 0 Å². The lowest BCUT2D eigenvalue weighted by atomic mass is 10.1. The summed E-state index contributed by atoms with van der Waals surface area (Å²) in [6.07, 6.45) is 5.31. The SMILES string of the molecule is Nc1ncc(Cl)cc1/C=C/c1ccc2c(c1)OCO2. The van der Waals surface area contributed by atoms with Crippen molar-refractivity contribution < 1.29 is 9.47 Å². The number of halogens is 1. The fourth-order valence-corrected chi connectivity index (χ4v) is 1.97. The highest BCUT2D eigenvalue weighted by Crippen LogP contribution is 2.33. The number of hydrogen-bond acceptors (Lipinski definition) is 4. The van der Waals surface area contributed by atoms with Crippen LogP contribution in [0, 0.1) is 0 Å². The summed E-state index contributed by atoms with van der Waals surface area (Å²) in [7, 11) is 0. The first-order valence-electron chi connectivity index (χ1n) is 5.71. The van der Waals surface area contributed by atoms with Crippen LogP contribution in [0.2, 0.25) is 5.02 Å². The number of nitrogens with two attached hydrogens (primary N) is 1. The molecule has 2 heterocycles. The van der Waals surface area contributed by atoms with E-state index in [9.17, 15) is 0 Å². The first-order chi connectivity index (χ1) is 9.22. The summed E-state index contributed by atoms with van der Waals surface area (Å²) in [4.78, 5) is 4.00. The molecule has 19 heavy (non-hydrogen) atoms. The summed E-state index contributed by atoms with van der Waals surface area (Å²) in [6, 6.07) is 7.50. The monoisotopic (exact) mass is 274 g/mol. The van der Waals surface area contributed by atoms with Gasteiger partial charge >= 0.3 is 0 Å². The number of ether oxygens (including phenoxy) is 2. The second kappa shape index (κ2) is 4.82. The maximum Gasteiger partial charge on any atom is 0.231 e. The van der Waals surface area contributed by atoms with E-state index in [1.54, 1.807) is 6.07 Å². The summed E-state index contributed by atoms with van der Waals surface area (Å²) >= 11 is 5.89. The van der Waals surface area contributed by atoms with Gasteiger partial charge in [0.2, 0.25) is 6.79 Å². The van der Waals surface area contributed by atoms with Crippen LogP contribution in [0.3, 0.4) is 0 Å². The van der Waals surface area contributed by atoms with Gasteiger partial charge in [0, 0.05) is 11.8 Å². The highest BCUT2D eigenvalue weighted by Gasteiger charge is 2.12. The zero-order valence-electron chi connectivity index (χ0n) is 9.97. The Morgan fingerprint density at radius 1 is 1.16 bits per heavy atom. The maximum absolute atomic E-state index is 5.89. The molecular formula is C14H11ClN2O2. The van der Waals surface area contributed by atoms with Gasteiger partial charge in [-0.15, -0.1) is 0 Å². The lowest BCUT2D eigenvalue weighted by molar-refractivity contribution is 0.174. The first-order valence-corrected chi connectivity index (χ1v) is 6.09. The van der Waals surface area contributed by atoms with Crippen molar-refractivity contribution in [3.05, 3.63) is 46.6 Å². The topological polar surface area (TPSA) is 57.4 Å². The molecule has 3 rings (SSSR count). The third-order valence-electron chi connectivity index (χ3n) is 2.77. The van der Waals surface area contributed by atoms with Crippen LogP contribution in [-0.2, 0) is 0 Å². The Morgan fingerprint density at radius 2 is 2.00 bits per heavy atom. The summed E-state index contributed by atoms with van der Waals surface area (Å²) in [5.74, 6) is 1.96. The number of rotatable bonds is 2. The third kappa shape index (κ3) is 2.48. The van der Waals surface area contributed by atoms with Gasteiger partial charge in [-0.2, -0.15) is 0 Å². The van der Waals surface area contributed by atoms with Crippen molar-refractivity contribution in [2.24, 2.45) is 0 Å². The number of nitrogens with zero attached hydrogens (tertiary/aromatic N) is 1. The second-order valence-corrected chi connectivity index (χ2v) is 4.51. The van der Waals surface area contributed by atoms with Gasteiger partial charge in [-0.25, -0.2) is 4.98 Å². The minimum absolute atomic E-state index is 0.271. The van der Waals surface area contributed by atoms with Gasteiger partial charge in [-0.3, -0.25) is 0 Å². The van der Waals surface area contributed by atoms with E-state index in [1.807, 2.05) is 30.4 Å². The normalized spacial score (nSPS) is 13.1. The van der Waals surface area contributed by atoms with Gasteiger partial charge in [0.1, 0.15) is 5.82 Å². The molecule has 0 spiro atoms. The van der Waals surface area contributed by atoms with Gasteiger partial charge in [0.05, 0.1) is 5.02 Å². The van der Waals surface area contributed by atoms with Crippen molar-refractivity contribution in [3.8, 4) is 11.5 Å². The lowest BCUT2D eigenvalue weighted by Crippen LogP contribution is -1.93. The second-order valence-electron chi connectivity index (χ2n) is 4.07. The molecule has 0 unspecified atom stereocenters. The van der Waals surface area contributed by atoms with Crippen LogP contribution in [0.4, 0.5) is 5.82 Å². The average molecular weight is 275 g/mol. The van der Waals surface area contributed by atoms with Crippen LogP contribution < -0.4 is 15.2 Å². The molecule has 0 atom stereocenters. The van der Waals surface area contributed by atoms with Gasteiger partial charge in [0.25, 0.3) is 0 Å². The summed E-state index contributed by atoms with van der Waals surface area (Å²) < 4.78 is 10.6. The number of hydrogen-bond donors (Lipinski definition) is 1. The van der Waals surface area contributed by atoms with Crippen LogP contribution >= 0.6 is 11.6 Å². The van der Waals surface area contributed by atoms with Crippen molar-refractivity contribution in [2.45, 2.75) is 0 Å². The van der Waals surface area contributed by atoms with E-state index in [-0.39, 0.29) is 6.79 Å².